The Balaban J connectivity index is 3.38. The Bertz CT molecular complexity index is 156. The smallest absolute Gasteiger partial charge is 0.372 e. The van der Waals surface area contributed by atoms with Crippen LogP contribution in [0.4, 0.5) is 13.2 Å². The third-order valence-corrected chi connectivity index (χ3v) is 1.95. The molecule has 0 unspecified atom stereocenters. The average molecular weight is 213 g/mol. The minimum absolute atomic E-state index is 0.318. The Morgan fingerprint density at radius 2 is 1.85 bits per heavy atom. The van der Waals surface area contributed by atoms with E-state index in [9.17, 15) is 13.2 Å². The molecule has 0 saturated heterocycles. The molecule has 0 spiro atoms. The SMILES string of the molecule is CCCCCCNC(=S)C(F)(F)F. The molecule has 1 nitrogen and oxygen atoms in total. The monoisotopic (exact) mass is 213 g/mol. The zero-order valence-corrected chi connectivity index (χ0v) is 8.39. The second kappa shape index (κ2) is 6.18. The molecule has 13 heavy (non-hydrogen) atoms. The molecule has 0 amide bonds. The molecule has 0 rings (SSSR count). The van der Waals surface area contributed by atoms with Gasteiger partial charge in [-0.2, -0.15) is 13.2 Å². The number of nitrogens with one attached hydrogen (secondary N) is 1. The van der Waals surface area contributed by atoms with Crippen LogP contribution in [0.3, 0.4) is 0 Å². The summed E-state index contributed by atoms with van der Waals surface area (Å²) in [6.07, 6.45) is -0.557. The number of hydrogen-bond acceptors (Lipinski definition) is 1. The Morgan fingerprint density at radius 3 is 2.31 bits per heavy atom. The van der Waals surface area contributed by atoms with Gasteiger partial charge in [0.15, 0.2) is 4.99 Å². The molecule has 0 bridgehead atoms. The highest BCUT2D eigenvalue weighted by Gasteiger charge is 2.33. The minimum atomic E-state index is -4.37. The van der Waals surface area contributed by atoms with Gasteiger partial charge in [-0.1, -0.05) is 38.4 Å². The highest BCUT2D eigenvalue weighted by molar-refractivity contribution is 7.80. The largest absolute Gasteiger partial charge is 0.441 e. The van der Waals surface area contributed by atoms with Crippen molar-refractivity contribution in [3.05, 3.63) is 0 Å². The van der Waals surface area contributed by atoms with Crippen molar-refractivity contribution in [2.75, 3.05) is 6.54 Å². The molecule has 0 aliphatic rings. The van der Waals surface area contributed by atoms with E-state index in [4.69, 9.17) is 0 Å². The topological polar surface area (TPSA) is 12.0 Å². The molecule has 1 N–H and O–H groups in total. The third kappa shape index (κ3) is 6.81. The van der Waals surface area contributed by atoms with Crippen molar-refractivity contribution in [2.45, 2.75) is 38.8 Å². The van der Waals surface area contributed by atoms with Gasteiger partial charge in [-0.05, 0) is 6.42 Å². The molecular weight excluding hydrogens is 199 g/mol. The summed E-state index contributed by atoms with van der Waals surface area (Å²) < 4.78 is 35.5. The lowest BCUT2D eigenvalue weighted by Gasteiger charge is -2.10. The van der Waals surface area contributed by atoms with Crippen molar-refractivity contribution in [3.8, 4) is 0 Å². The fraction of sp³-hybridized carbons (Fsp3) is 0.875. The molecule has 0 radical (unpaired) electrons. The van der Waals surface area contributed by atoms with E-state index in [0.717, 1.165) is 25.7 Å². The fourth-order valence-electron chi connectivity index (χ4n) is 0.854. The molecule has 78 valence electrons. The average Bonchev–Trinajstić information content (AvgIpc) is 2.02. The molecule has 0 saturated carbocycles. The van der Waals surface area contributed by atoms with Crippen LogP contribution in [0.1, 0.15) is 32.6 Å². The van der Waals surface area contributed by atoms with E-state index < -0.39 is 11.2 Å². The van der Waals surface area contributed by atoms with E-state index in [-0.39, 0.29) is 0 Å². The van der Waals surface area contributed by atoms with E-state index in [2.05, 4.69) is 17.5 Å². The second-order valence-corrected chi connectivity index (χ2v) is 3.22. The number of unbranched alkanes of at least 4 members (excludes halogenated alkanes) is 3. The third-order valence-electron chi connectivity index (χ3n) is 1.57. The van der Waals surface area contributed by atoms with E-state index in [0.29, 0.717) is 6.54 Å². The first-order chi connectivity index (χ1) is 5.98. The summed E-state index contributed by atoms with van der Waals surface area (Å²) in [7, 11) is 0. The Kier molecular flexibility index (Phi) is 6.03. The van der Waals surface area contributed by atoms with Crippen LogP contribution < -0.4 is 5.32 Å². The molecule has 5 heteroatoms. The molecule has 0 aromatic rings. The number of hydrogen-bond donors (Lipinski definition) is 1. The Morgan fingerprint density at radius 1 is 1.23 bits per heavy atom. The van der Waals surface area contributed by atoms with Gasteiger partial charge in [-0.15, -0.1) is 0 Å². The lowest BCUT2D eigenvalue weighted by Crippen LogP contribution is -2.35. The van der Waals surface area contributed by atoms with Crippen LogP contribution in [-0.4, -0.2) is 17.7 Å². The standard InChI is InChI=1S/C8H14F3NS/c1-2-3-4-5-6-12-7(13)8(9,10)11/h2-6H2,1H3,(H,12,13). The first-order valence-electron chi connectivity index (χ1n) is 4.33. The number of halogens is 3. The maximum Gasteiger partial charge on any atom is 0.441 e. The van der Waals surface area contributed by atoms with Gasteiger partial charge in [0.05, 0.1) is 0 Å². The van der Waals surface area contributed by atoms with E-state index in [1.807, 2.05) is 6.92 Å². The van der Waals surface area contributed by atoms with Gasteiger partial charge in [0.2, 0.25) is 0 Å². The number of rotatable bonds is 5. The molecule has 0 heterocycles. The molecule has 0 fully saturated rings. The van der Waals surface area contributed by atoms with Crippen LogP contribution in [0, 0.1) is 0 Å². The Hall–Kier alpha value is -0.320. The van der Waals surface area contributed by atoms with Crippen LogP contribution in [0.25, 0.3) is 0 Å². The number of thiocarbonyl (C=S) groups is 1. The minimum Gasteiger partial charge on any atom is -0.372 e. The normalized spacial score (nSPS) is 11.4. The van der Waals surface area contributed by atoms with Gasteiger partial charge in [-0.25, -0.2) is 0 Å². The van der Waals surface area contributed by atoms with Crippen LogP contribution >= 0.6 is 12.2 Å². The zero-order chi connectivity index (χ0) is 10.3. The summed E-state index contributed by atoms with van der Waals surface area (Å²) >= 11 is 4.13. The van der Waals surface area contributed by atoms with Crippen molar-refractivity contribution < 1.29 is 13.2 Å². The molecule has 0 aromatic carbocycles. The Labute approximate surface area is 81.7 Å². The first-order valence-corrected chi connectivity index (χ1v) is 4.74. The van der Waals surface area contributed by atoms with Crippen LogP contribution in [0.15, 0.2) is 0 Å². The summed E-state index contributed by atoms with van der Waals surface area (Å²) in [5.41, 5.74) is 0. The molecule has 0 aliphatic carbocycles. The van der Waals surface area contributed by atoms with Gasteiger partial charge in [-0.3, -0.25) is 0 Å². The van der Waals surface area contributed by atoms with E-state index in [1.165, 1.54) is 0 Å². The van der Waals surface area contributed by atoms with Gasteiger partial charge in [0.1, 0.15) is 0 Å². The van der Waals surface area contributed by atoms with Crippen molar-refractivity contribution >= 4 is 17.2 Å². The highest BCUT2D eigenvalue weighted by Crippen LogP contribution is 2.15. The summed E-state index contributed by atoms with van der Waals surface area (Å²) in [4.78, 5) is -1.01. The van der Waals surface area contributed by atoms with Gasteiger partial charge >= 0.3 is 6.18 Å². The number of alkyl halides is 3. The maximum absolute atomic E-state index is 11.8. The zero-order valence-electron chi connectivity index (χ0n) is 7.58. The highest BCUT2D eigenvalue weighted by atomic mass is 32.1. The van der Waals surface area contributed by atoms with E-state index in [1.54, 1.807) is 0 Å². The summed E-state index contributed by atoms with van der Waals surface area (Å²) in [5, 5.41) is 2.19. The van der Waals surface area contributed by atoms with E-state index >= 15 is 0 Å². The maximum atomic E-state index is 11.8. The summed E-state index contributed by atoms with van der Waals surface area (Å²) in [5.74, 6) is 0. The van der Waals surface area contributed by atoms with Gasteiger partial charge in [0, 0.05) is 6.54 Å². The first kappa shape index (κ1) is 12.7. The van der Waals surface area contributed by atoms with Crippen molar-refractivity contribution in [1.82, 2.24) is 5.32 Å². The summed E-state index contributed by atoms with van der Waals surface area (Å²) in [6, 6.07) is 0. The van der Waals surface area contributed by atoms with Gasteiger partial charge in [0.25, 0.3) is 0 Å². The second-order valence-electron chi connectivity index (χ2n) is 2.81. The molecule has 0 aromatic heterocycles. The molecule has 0 atom stereocenters. The van der Waals surface area contributed by atoms with Crippen molar-refractivity contribution in [1.29, 1.82) is 0 Å². The van der Waals surface area contributed by atoms with Crippen LogP contribution in [0.2, 0.25) is 0 Å². The quantitative estimate of drug-likeness (QED) is 0.556. The van der Waals surface area contributed by atoms with Crippen LogP contribution in [0.5, 0.6) is 0 Å². The molecular formula is C8H14F3NS. The predicted molar refractivity (Wildman–Crippen MR) is 50.8 cm³/mol. The van der Waals surface area contributed by atoms with Crippen molar-refractivity contribution in [2.24, 2.45) is 0 Å². The van der Waals surface area contributed by atoms with Crippen molar-refractivity contribution in [3.63, 3.8) is 0 Å². The lowest BCUT2D eigenvalue weighted by molar-refractivity contribution is -0.0591. The summed E-state index contributed by atoms with van der Waals surface area (Å²) in [6.45, 7) is 2.37. The van der Waals surface area contributed by atoms with Gasteiger partial charge < -0.3 is 5.32 Å². The predicted octanol–water partition coefficient (Wildman–Crippen LogP) is 3.05. The van der Waals surface area contributed by atoms with Crippen LogP contribution in [-0.2, 0) is 0 Å². The lowest BCUT2D eigenvalue weighted by atomic mass is 10.2. The fourth-order valence-corrected chi connectivity index (χ4v) is 0.956. The molecule has 0 aliphatic heterocycles.